The van der Waals surface area contributed by atoms with Crippen molar-refractivity contribution < 1.29 is 27.5 Å². The average Bonchev–Trinajstić information content (AvgIpc) is 3.87. The van der Waals surface area contributed by atoms with Crippen LogP contribution in [0.15, 0.2) is 60.8 Å². The van der Waals surface area contributed by atoms with E-state index in [-0.39, 0.29) is 30.8 Å². The zero-order valence-corrected chi connectivity index (χ0v) is 28.3. The van der Waals surface area contributed by atoms with Crippen LogP contribution in [0.3, 0.4) is 0 Å². The van der Waals surface area contributed by atoms with Crippen LogP contribution in [0.5, 0.6) is 0 Å². The lowest BCUT2D eigenvalue weighted by atomic mass is 10.1. The number of carbonyl (C=O) groups is 2. The van der Waals surface area contributed by atoms with Crippen molar-refractivity contribution in [3.63, 3.8) is 0 Å². The number of piperidine rings is 1. The number of alkyl halides is 3. The third-order valence-corrected chi connectivity index (χ3v) is 9.47. The van der Waals surface area contributed by atoms with Crippen LogP contribution in [0.4, 0.5) is 33.7 Å². The number of hydrogen-bond acceptors (Lipinski definition) is 13. The van der Waals surface area contributed by atoms with Crippen LogP contribution >= 0.6 is 22.7 Å². The SMILES string of the molecule is CO[C@H](C(=O)Nc1nnc(NC2CCN(c3nnc(NC(=O)CCc4cn(Cc5ccc(C(F)(F)F)cc5)nn4)s3)CC2)s1)c1ccccc1. The van der Waals surface area contributed by atoms with Gasteiger partial charge in [-0.2, -0.15) is 13.2 Å². The number of aromatic nitrogens is 7. The second-order valence-electron chi connectivity index (χ2n) is 11.4. The minimum Gasteiger partial charge on any atom is -0.367 e. The molecule has 0 bridgehead atoms. The lowest BCUT2D eigenvalue weighted by Crippen LogP contribution is -2.39. The predicted molar refractivity (Wildman–Crippen MR) is 181 cm³/mol. The number of hydrogen-bond donors (Lipinski definition) is 3. The second-order valence-corrected chi connectivity index (χ2v) is 13.3. The van der Waals surface area contributed by atoms with Crippen molar-refractivity contribution in [3.05, 3.63) is 83.2 Å². The van der Waals surface area contributed by atoms with E-state index in [0.29, 0.717) is 38.2 Å². The second kappa shape index (κ2) is 15.7. The van der Waals surface area contributed by atoms with Gasteiger partial charge in [0.1, 0.15) is 0 Å². The highest BCUT2D eigenvalue weighted by molar-refractivity contribution is 7.19. The Morgan fingerprint density at radius 1 is 0.920 bits per heavy atom. The number of amides is 2. The van der Waals surface area contributed by atoms with E-state index < -0.39 is 17.8 Å². The molecule has 0 radical (unpaired) electrons. The van der Waals surface area contributed by atoms with Crippen molar-refractivity contribution in [2.45, 2.75) is 50.6 Å². The van der Waals surface area contributed by atoms with Gasteiger partial charge in [-0.3, -0.25) is 14.9 Å². The van der Waals surface area contributed by atoms with Gasteiger partial charge in [0, 0.05) is 45.3 Å². The summed E-state index contributed by atoms with van der Waals surface area (Å²) in [4.78, 5) is 27.5. The summed E-state index contributed by atoms with van der Waals surface area (Å²) in [6.07, 6.45) is -1.40. The largest absolute Gasteiger partial charge is 0.416 e. The Bertz CT molecular complexity index is 1880. The fourth-order valence-corrected chi connectivity index (χ4v) is 6.79. The van der Waals surface area contributed by atoms with Gasteiger partial charge in [0.25, 0.3) is 5.91 Å². The molecule has 50 heavy (non-hydrogen) atoms. The maximum atomic E-state index is 12.8. The van der Waals surface area contributed by atoms with Crippen LogP contribution in [-0.4, -0.2) is 73.4 Å². The molecule has 5 aromatic rings. The van der Waals surface area contributed by atoms with Crippen LogP contribution in [0.2, 0.25) is 0 Å². The third kappa shape index (κ3) is 9.16. The Hall–Kier alpha value is -5.01. The van der Waals surface area contributed by atoms with Crippen molar-refractivity contribution in [3.8, 4) is 0 Å². The summed E-state index contributed by atoms with van der Waals surface area (Å²) in [5.74, 6) is -0.581. The number of rotatable bonds is 13. The molecule has 0 aliphatic carbocycles. The number of anilines is 4. The monoisotopic (exact) mass is 727 g/mol. The van der Waals surface area contributed by atoms with Gasteiger partial charge >= 0.3 is 6.18 Å². The van der Waals surface area contributed by atoms with Crippen LogP contribution in [0.1, 0.15) is 47.8 Å². The quantitative estimate of drug-likeness (QED) is 0.149. The Morgan fingerprint density at radius 2 is 1.62 bits per heavy atom. The zero-order chi connectivity index (χ0) is 35.1. The molecule has 2 aromatic carbocycles. The van der Waals surface area contributed by atoms with Crippen molar-refractivity contribution in [1.82, 2.24) is 35.4 Å². The van der Waals surface area contributed by atoms with Crippen molar-refractivity contribution in [1.29, 1.82) is 0 Å². The topological polar surface area (TPSA) is 165 Å². The van der Waals surface area contributed by atoms with E-state index in [2.05, 4.69) is 51.6 Å². The molecule has 1 aliphatic rings. The van der Waals surface area contributed by atoms with E-state index >= 15 is 0 Å². The van der Waals surface area contributed by atoms with Gasteiger partial charge in [0.15, 0.2) is 6.10 Å². The maximum Gasteiger partial charge on any atom is 0.416 e. The van der Waals surface area contributed by atoms with Crippen LogP contribution in [0.25, 0.3) is 0 Å². The number of halogens is 3. The summed E-state index contributed by atoms with van der Waals surface area (Å²) < 4.78 is 45.3. The standard InChI is InChI=1S/C31H32F3N11O3S2/c1-48-25(20-5-3-2-4-6-20)26(47)37-29-40-39-27(49-29)35-22-13-15-44(16-14-22)30-42-41-28(50-30)36-24(46)12-11-23-18-45(43-38-23)17-19-7-9-21(10-8-19)31(32,33)34/h2-10,18,22,25H,11-17H2,1H3,(H,35,39)(H,36,41,46)(H,37,40,47)/t25-/m0/s1. The molecule has 1 saturated heterocycles. The van der Waals surface area contributed by atoms with Crippen LogP contribution < -0.4 is 20.9 Å². The highest BCUT2D eigenvalue weighted by atomic mass is 32.1. The summed E-state index contributed by atoms with van der Waals surface area (Å²) in [5, 5.41) is 35.8. The van der Waals surface area contributed by atoms with Crippen LogP contribution in [0, 0.1) is 0 Å². The highest BCUT2D eigenvalue weighted by Crippen LogP contribution is 2.30. The van der Waals surface area contributed by atoms with Crippen molar-refractivity contribution in [2.75, 3.05) is 41.0 Å². The minimum atomic E-state index is -4.39. The molecule has 0 saturated carbocycles. The number of ether oxygens (including phenoxy) is 1. The van der Waals surface area contributed by atoms with Gasteiger partial charge in [-0.1, -0.05) is 70.4 Å². The first-order chi connectivity index (χ1) is 24.1. The van der Waals surface area contributed by atoms with E-state index in [4.69, 9.17) is 4.74 Å². The number of nitrogens with zero attached hydrogens (tertiary/aromatic N) is 8. The minimum absolute atomic E-state index is 0.141. The molecule has 3 N–H and O–H groups in total. The van der Waals surface area contributed by atoms with Gasteiger partial charge in [0.05, 0.1) is 17.8 Å². The Morgan fingerprint density at radius 3 is 2.34 bits per heavy atom. The molecule has 6 rings (SSSR count). The molecular formula is C31H32F3N11O3S2. The van der Waals surface area contributed by atoms with Gasteiger partial charge in [-0.05, 0) is 36.1 Å². The fourth-order valence-electron chi connectivity index (χ4n) is 5.25. The molecular weight excluding hydrogens is 696 g/mol. The Kier molecular flexibility index (Phi) is 10.9. The summed E-state index contributed by atoms with van der Waals surface area (Å²) in [6, 6.07) is 14.2. The molecule has 1 atom stereocenters. The molecule has 3 aromatic heterocycles. The van der Waals surface area contributed by atoms with Crippen molar-refractivity contribution >= 4 is 55.0 Å². The summed E-state index contributed by atoms with van der Waals surface area (Å²) in [6.45, 7) is 1.70. The number of aryl methyl sites for hydroxylation is 1. The molecule has 19 heteroatoms. The van der Waals surface area contributed by atoms with Crippen LogP contribution in [-0.2, 0) is 33.5 Å². The lowest BCUT2D eigenvalue weighted by Gasteiger charge is -2.31. The van der Waals surface area contributed by atoms with E-state index in [1.165, 1.54) is 46.6 Å². The average molecular weight is 728 g/mol. The first kappa shape index (κ1) is 34.8. The molecule has 1 aliphatic heterocycles. The number of carbonyl (C=O) groups excluding carboxylic acids is 2. The highest BCUT2D eigenvalue weighted by Gasteiger charge is 2.30. The predicted octanol–water partition coefficient (Wildman–Crippen LogP) is 5.03. The van der Waals surface area contributed by atoms with E-state index in [0.717, 1.165) is 43.6 Å². The number of methoxy groups -OCH3 is 1. The molecule has 4 heterocycles. The smallest absolute Gasteiger partial charge is 0.367 e. The lowest BCUT2D eigenvalue weighted by molar-refractivity contribution is -0.137. The van der Waals surface area contributed by atoms with E-state index in [1.807, 2.05) is 30.3 Å². The van der Waals surface area contributed by atoms with Gasteiger partial charge in [-0.15, -0.1) is 25.5 Å². The first-order valence-corrected chi connectivity index (χ1v) is 17.2. The zero-order valence-electron chi connectivity index (χ0n) is 26.6. The molecule has 2 amide bonds. The fraction of sp³-hybridized carbons (Fsp3) is 0.355. The number of benzene rings is 2. The van der Waals surface area contributed by atoms with Gasteiger partial charge in [0.2, 0.25) is 26.4 Å². The maximum absolute atomic E-state index is 12.8. The van der Waals surface area contributed by atoms with Gasteiger partial charge in [-0.25, -0.2) is 4.68 Å². The third-order valence-electron chi connectivity index (χ3n) is 7.81. The van der Waals surface area contributed by atoms with E-state index in [1.54, 1.807) is 6.20 Å². The number of nitrogens with one attached hydrogen (secondary N) is 3. The normalized spacial score (nSPS) is 14.4. The first-order valence-electron chi connectivity index (χ1n) is 15.5. The van der Waals surface area contributed by atoms with Gasteiger partial charge < -0.3 is 20.3 Å². The molecule has 0 unspecified atom stereocenters. The molecule has 0 spiro atoms. The summed E-state index contributed by atoms with van der Waals surface area (Å²) in [5.41, 5.74) is 1.26. The summed E-state index contributed by atoms with van der Waals surface area (Å²) in [7, 11) is 1.48. The molecule has 1 fully saturated rings. The summed E-state index contributed by atoms with van der Waals surface area (Å²) >= 11 is 2.55. The van der Waals surface area contributed by atoms with Crippen molar-refractivity contribution in [2.24, 2.45) is 0 Å². The van der Waals surface area contributed by atoms with E-state index in [9.17, 15) is 22.8 Å². The molecule has 14 nitrogen and oxygen atoms in total. The Labute approximate surface area is 292 Å². The Balaban J connectivity index is 0.911. The molecule has 262 valence electrons.